The second kappa shape index (κ2) is 8.24. The summed E-state index contributed by atoms with van der Waals surface area (Å²) in [5.41, 5.74) is 2.77. The van der Waals surface area contributed by atoms with Gasteiger partial charge in [-0.1, -0.05) is 18.5 Å². The number of imide groups is 1. The van der Waals surface area contributed by atoms with Gasteiger partial charge in [0, 0.05) is 23.6 Å². The SMILES string of the molecule is CCc1c(C)c(NC(=O)NC(=O)c2ccc3nccnc3c2)cc(C(=O)O)c1Cl. The van der Waals surface area contributed by atoms with Crippen molar-refractivity contribution in [3.05, 3.63) is 63.9 Å². The molecular formula is C20H17ClN4O4. The van der Waals surface area contributed by atoms with Crippen LogP contribution in [0.15, 0.2) is 36.7 Å². The number of amides is 3. The highest BCUT2D eigenvalue weighted by Gasteiger charge is 2.19. The molecule has 0 unspecified atom stereocenters. The molecule has 9 heteroatoms. The number of carboxylic acid groups (broad SMARTS) is 1. The topological polar surface area (TPSA) is 121 Å². The van der Waals surface area contributed by atoms with Crippen LogP contribution in [-0.4, -0.2) is 33.0 Å². The van der Waals surface area contributed by atoms with E-state index in [1.807, 2.05) is 6.92 Å². The van der Waals surface area contributed by atoms with Gasteiger partial charge in [-0.2, -0.15) is 0 Å². The summed E-state index contributed by atoms with van der Waals surface area (Å²) in [7, 11) is 0. The van der Waals surface area contributed by atoms with Crippen LogP contribution >= 0.6 is 11.6 Å². The molecule has 0 saturated carbocycles. The van der Waals surface area contributed by atoms with Crippen molar-refractivity contribution in [3.8, 4) is 0 Å². The van der Waals surface area contributed by atoms with E-state index in [1.54, 1.807) is 19.2 Å². The highest BCUT2D eigenvalue weighted by atomic mass is 35.5. The van der Waals surface area contributed by atoms with E-state index in [9.17, 15) is 19.5 Å². The molecule has 0 aliphatic heterocycles. The molecule has 8 nitrogen and oxygen atoms in total. The quantitative estimate of drug-likeness (QED) is 0.599. The third kappa shape index (κ3) is 4.17. The number of carboxylic acids is 1. The summed E-state index contributed by atoms with van der Waals surface area (Å²) < 4.78 is 0. The van der Waals surface area contributed by atoms with E-state index >= 15 is 0 Å². The zero-order chi connectivity index (χ0) is 21.1. The first-order valence-corrected chi connectivity index (χ1v) is 9.08. The molecular weight excluding hydrogens is 396 g/mol. The number of urea groups is 1. The molecule has 0 bridgehead atoms. The minimum atomic E-state index is -1.21. The van der Waals surface area contributed by atoms with Crippen LogP contribution < -0.4 is 10.6 Å². The predicted molar refractivity (Wildman–Crippen MR) is 109 cm³/mol. The first-order valence-electron chi connectivity index (χ1n) is 8.70. The number of rotatable bonds is 4. The van der Waals surface area contributed by atoms with Crippen molar-refractivity contribution >= 4 is 46.2 Å². The number of aromatic carboxylic acids is 1. The van der Waals surface area contributed by atoms with Gasteiger partial charge in [0.1, 0.15) is 0 Å². The summed E-state index contributed by atoms with van der Waals surface area (Å²) in [5.74, 6) is -1.84. The smallest absolute Gasteiger partial charge is 0.337 e. The molecule has 2 aromatic carbocycles. The molecule has 0 aliphatic rings. The molecule has 0 aliphatic carbocycles. The minimum absolute atomic E-state index is 0.121. The summed E-state index contributed by atoms with van der Waals surface area (Å²) in [5, 5.41) is 14.2. The maximum Gasteiger partial charge on any atom is 0.337 e. The zero-order valence-electron chi connectivity index (χ0n) is 15.6. The number of fused-ring (bicyclic) bond motifs is 1. The Balaban J connectivity index is 1.82. The van der Waals surface area contributed by atoms with Crippen molar-refractivity contribution in [2.75, 3.05) is 5.32 Å². The highest BCUT2D eigenvalue weighted by Crippen LogP contribution is 2.31. The number of benzene rings is 2. The van der Waals surface area contributed by atoms with Crippen molar-refractivity contribution in [1.29, 1.82) is 0 Å². The molecule has 0 saturated heterocycles. The van der Waals surface area contributed by atoms with Crippen LogP contribution in [0.25, 0.3) is 11.0 Å². The number of hydrogen-bond acceptors (Lipinski definition) is 5. The van der Waals surface area contributed by atoms with Gasteiger partial charge in [-0.3, -0.25) is 20.1 Å². The Labute approximate surface area is 170 Å². The number of hydrogen-bond donors (Lipinski definition) is 3. The van der Waals surface area contributed by atoms with Gasteiger partial charge in [0.2, 0.25) is 0 Å². The Morgan fingerprint density at radius 3 is 2.45 bits per heavy atom. The van der Waals surface area contributed by atoms with Gasteiger partial charge in [0.15, 0.2) is 0 Å². The van der Waals surface area contributed by atoms with E-state index in [4.69, 9.17) is 11.6 Å². The van der Waals surface area contributed by atoms with E-state index in [0.717, 1.165) is 0 Å². The standard InChI is InChI=1S/C20H17ClN4O4/c1-3-12-10(2)15(9-13(17(12)21)19(27)28)24-20(29)25-18(26)11-4-5-14-16(8-11)23-7-6-22-14/h4-9H,3H2,1-2H3,(H,27,28)(H2,24,25,26,29). The number of nitrogens with zero attached hydrogens (tertiary/aromatic N) is 2. The van der Waals surface area contributed by atoms with Crippen LogP contribution in [0.2, 0.25) is 5.02 Å². The summed E-state index contributed by atoms with van der Waals surface area (Å²) in [6.07, 6.45) is 3.53. The molecule has 0 fully saturated rings. The number of carbonyl (C=O) groups is 3. The molecule has 0 atom stereocenters. The van der Waals surface area contributed by atoms with Gasteiger partial charge in [-0.05, 0) is 48.7 Å². The van der Waals surface area contributed by atoms with Crippen molar-refractivity contribution in [2.45, 2.75) is 20.3 Å². The van der Waals surface area contributed by atoms with Crippen LogP contribution in [0.1, 0.15) is 38.8 Å². The summed E-state index contributed by atoms with van der Waals surface area (Å²) in [6, 6.07) is 5.17. The van der Waals surface area contributed by atoms with Gasteiger partial charge in [-0.15, -0.1) is 0 Å². The molecule has 0 spiro atoms. The Bertz CT molecular complexity index is 1150. The lowest BCUT2D eigenvalue weighted by atomic mass is 10.0. The Morgan fingerprint density at radius 1 is 1.10 bits per heavy atom. The van der Waals surface area contributed by atoms with E-state index in [2.05, 4.69) is 20.6 Å². The number of aromatic nitrogens is 2. The lowest BCUT2D eigenvalue weighted by molar-refractivity contribution is 0.0696. The number of anilines is 1. The predicted octanol–water partition coefficient (Wildman–Crippen LogP) is 3.81. The van der Waals surface area contributed by atoms with E-state index in [-0.39, 0.29) is 21.8 Å². The fourth-order valence-electron chi connectivity index (χ4n) is 2.94. The third-order valence-electron chi connectivity index (χ3n) is 4.44. The Kier molecular flexibility index (Phi) is 5.74. The molecule has 3 amide bonds. The van der Waals surface area contributed by atoms with Crippen molar-refractivity contribution in [1.82, 2.24) is 15.3 Å². The number of nitrogens with one attached hydrogen (secondary N) is 2. The first kappa shape index (κ1) is 20.2. The van der Waals surface area contributed by atoms with Crippen LogP contribution in [0.4, 0.5) is 10.5 Å². The lowest BCUT2D eigenvalue weighted by Gasteiger charge is -2.15. The van der Waals surface area contributed by atoms with Crippen LogP contribution in [-0.2, 0) is 6.42 Å². The van der Waals surface area contributed by atoms with Gasteiger partial charge in [0.05, 0.1) is 21.6 Å². The average Bonchev–Trinajstić information content (AvgIpc) is 2.69. The van der Waals surface area contributed by atoms with Gasteiger partial charge < -0.3 is 10.4 Å². The van der Waals surface area contributed by atoms with Crippen LogP contribution in [0.3, 0.4) is 0 Å². The molecule has 29 heavy (non-hydrogen) atoms. The molecule has 148 valence electrons. The second-order valence-corrected chi connectivity index (χ2v) is 6.59. The van der Waals surface area contributed by atoms with E-state index in [0.29, 0.717) is 28.6 Å². The average molecular weight is 413 g/mol. The van der Waals surface area contributed by atoms with Gasteiger partial charge in [-0.25, -0.2) is 9.59 Å². The van der Waals surface area contributed by atoms with Crippen molar-refractivity contribution in [3.63, 3.8) is 0 Å². The molecule has 3 aromatic rings. The molecule has 3 N–H and O–H groups in total. The lowest BCUT2D eigenvalue weighted by Crippen LogP contribution is -2.34. The number of halogens is 1. The molecule has 0 radical (unpaired) electrons. The molecule has 1 aromatic heterocycles. The first-order chi connectivity index (χ1) is 13.8. The van der Waals surface area contributed by atoms with Gasteiger partial charge in [0.25, 0.3) is 5.91 Å². The zero-order valence-corrected chi connectivity index (χ0v) is 16.4. The Morgan fingerprint density at radius 2 is 1.79 bits per heavy atom. The largest absolute Gasteiger partial charge is 0.478 e. The fraction of sp³-hybridized carbons (Fsp3) is 0.150. The number of carbonyl (C=O) groups excluding carboxylic acids is 2. The van der Waals surface area contributed by atoms with E-state index in [1.165, 1.54) is 24.4 Å². The van der Waals surface area contributed by atoms with Crippen LogP contribution in [0, 0.1) is 6.92 Å². The minimum Gasteiger partial charge on any atom is -0.478 e. The van der Waals surface area contributed by atoms with E-state index < -0.39 is 17.9 Å². The third-order valence-corrected chi connectivity index (χ3v) is 4.87. The maximum absolute atomic E-state index is 12.4. The molecule has 1 heterocycles. The van der Waals surface area contributed by atoms with Crippen molar-refractivity contribution < 1.29 is 19.5 Å². The summed E-state index contributed by atoms with van der Waals surface area (Å²) in [4.78, 5) is 44.4. The van der Waals surface area contributed by atoms with Crippen LogP contribution in [0.5, 0.6) is 0 Å². The summed E-state index contributed by atoms with van der Waals surface area (Å²) in [6.45, 7) is 3.55. The fourth-order valence-corrected chi connectivity index (χ4v) is 3.36. The van der Waals surface area contributed by atoms with Crippen molar-refractivity contribution in [2.24, 2.45) is 0 Å². The monoisotopic (exact) mass is 412 g/mol. The Hall–Kier alpha value is -3.52. The normalized spacial score (nSPS) is 10.6. The maximum atomic E-state index is 12.4. The second-order valence-electron chi connectivity index (χ2n) is 6.22. The highest BCUT2D eigenvalue weighted by molar-refractivity contribution is 6.34. The van der Waals surface area contributed by atoms with Gasteiger partial charge >= 0.3 is 12.0 Å². The molecule has 3 rings (SSSR count). The summed E-state index contributed by atoms with van der Waals surface area (Å²) >= 11 is 6.16.